The van der Waals surface area contributed by atoms with Crippen LogP contribution in [0.25, 0.3) is 0 Å². The van der Waals surface area contributed by atoms with Crippen molar-refractivity contribution in [3.05, 3.63) is 35.9 Å². The van der Waals surface area contributed by atoms with Gasteiger partial charge in [-0.2, -0.15) is 0 Å². The number of likely N-dealkylation sites (N-methyl/N-ethyl adjacent to an activating group) is 1. The smallest absolute Gasteiger partial charge is 0.108 e. The lowest BCUT2D eigenvalue weighted by atomic mass is 9.85. The predicted octanol–water partition coefficient (Wildman–Crippen LogP) is 2.10. The Morgan fingerprint density at radius 3 is 2.58 bits per heavy atom. The molecule has 19 heavy (non-hydrogen) atoms. The zero-order chi connectivity index (χ0) is 13.5. The van der Waals surface area contributed by atoms with E-state index in [2.05, 4.69) is 24.1 Å². The van der Waals surface area contributed by atoms with Gasteiger partial charge in [-0.1, -0.05) is 43.2 Å². The number of aliphatic hydroxyl groups is 2. The van der Waals surface area contributed by atoms with Crippen LogP contribution in [-0.2, 0) is 0 Å². The van der Waals surface area contributed by atoms with Crippen LogP contribution < -0.4 is 0 Å². The first kappa shape index (κ1) is 13.1. The number of nitrogens with zero attached hydrogens (tertiary/aromatic N) is 1. The second-order valence-corrected chi connectivity index (χ2v) is 6.10. The second kappa shape index (κ2) is 4.89. The molecule has 104 valence electrons. The van der Waals surface area contributed by atoms with Gasteiger partial charge in [-0.05, 0) is 31.9 Å². The SMILES string of the molecule is CN1[C@H](c2ccccc2)C[C@]2(O)[C@@H](O)CCCC[C@@H]12. The van der Waals surface area contributed by atoms with Crippen LogP contribution in [0, 0.1) is 0 Å². The van der Waals surface area contributed by atoms with Crippen molar-refractivity contribution in [3.63, 3.8) is 0 Å². The second-order valence-electron chi connectivity index (χ2n) is 6.10. The summed E-state index contributed by atoms with van der Waals surface area (Å²) in [5, 5.41) is 21.3. The number of hydrogen-bond donors (Lipinski definition) is 2. The maximum absolute atomic E-state index is 11.0. The Labute approximate surface area is 114 Å². The lowest BCUT2D eigenvalue weighted by Gasteiger charge is -2.34. The molecule has 2 fully saturated rings. The highest BCUT2D eigenvalue weighted by atomic mass is 16.3. The number of benzene rings is 1. The fraction of sp³-hybridized carbons (Fsp3) is 0.625. The number of likely N-dealkylation sites (tertiary alicyclic amines) is 1. The molecular formula is C16H23NO2. The molecule has 1 heterocycles. The van der Waals surface area contributed by atoms with E-state index in [0.29, 0.717) is 6.42 Å². The zero-order valence-corrected chi connectivity index (χ0v) is 11.5. The molecule has 3 rings (SSSR count). The van der Waals surface area contributed by atoms with Gasteiger partial charge in [0.1, 0.15) is 5.60 Å². The van der Waals surface area contributed by atoms with E-state index in [-0.39, 0.29) is 12.1 Å². The quantitative estimate of drug-likeness (QED) is 0.813. The van der Waals surface area contributed by atoms with Crippen LogP contribution in [0.15, 0.2) is 30.3 Å². The maximum atomic E-state index is 11.0. The number of hydrogen-bond acceptors (Lipinski definition) is 3. The fourth-order valence-corrected chi connectivity index (χ4v) is 3.92. The first-order valence-corrected chi connectivity index (χ1v) is 7.30. The van der Waals surface area contributed by atoms with Crippen LogP contribution >= 0.6 is 0 Å². The van der Waals surface area contributed by atoms with Crippen LogP contribution in [0.5, 0.6) is 0 Å². The predicted molar refractivity (Wildman–Crippen MR) is 74.8 cm³/mol. The standard InChI is InChI=1S/C16H23NO2/c1-17-13(12-7-3-2-4-8-12)11-16(19)14(17)9-5-6-10-15(16)18/h2-4,7-8,13-15,18-19H,5-6,9-11H2,1H3/t13-,14+,15-,16+/m0/s1. The average Bonchev–Trinajstić information content (AvgIpc) is 2.59. The maximum Gasteiger partial charge on any atom is 0.108 e. The number of rotatable bonds is 1. The molecule has 1 aromatic rings. The minimum atomic E-state index is -0.939. The van der Waals surface area contributed by atoms with Crippen LogP contribution in [0.4, 0.5) is 0 Å². The lowest BCUT2D eigenvalue weighted by Crippen LogP contribution is -2.50. The monoisotopic (exact) mass is 261 g/mol. The third-order valence-corrected chi connectivity index (χ3v) is 5.05. The average molecular weight is 261 g/mol. The summed E-state index contributed by atoms with van der Waals surface area (Å²) < 4.78 is 0. The van der Waals surface area contributed by atoms with Crippen LogP contribution in [0.2, 0.25) is 0 Å². The fourth-order valence-electron chi connectivity index (χ4n) is 3.92. The van der Waals surface area contributed by atoms with Gasteiger partial charge in [0.25, 0.3) is 0 Å². The summed E-state index contributed by atoms with van der Waals surface area (Å²) in [5.74, 6) is 0. The number of fused-ring (bicyclic) bond motifs is 1. The highest BCUT2D eigenvalue weighted by molar-refractivity contribution is 5.23. The summed E-state index contributed by atoms with van der Waals surface area (Å²) in [6.07, 6.45) is 3.87. The highest BCUT2D eigenvalue weighted by Gasteiger charge is 2.54. The topological polar surface area (TPSA) is 43.7 Å². The molecule has 0 amide bonds. The molecule has 2 N–H and O–H groups in total. The van der Waals surface area contributed by atoms with Crippen molar-refractivity contribution in [2.75, 3.05) is 7.05 Å². The van der Waals surface area contributed by atoms with E-state index < -0.39 is 11.7 Å². The molecule has 2 aliphatic rings. The van der Waals surface area contributed by atoms with E-state index in [1.54, 1.807) is 0 Å². The van der Waals surface area contributed by atoms with Gasteiger partial charge in [0.2, 0.25) is 0 Å². The molecule has 1 aromatic carbocycles. The molecule has 0 radical (unpaired) electrons. The Hall–Kier alpha value is -0.900. The van der Waals surface area contributed by atoms with Crippen LogP contribution in [0.3, 0.4) is 0 Å². The van der Waals surface area contributed by atoms with Crippen molar-refractivity contribution in [3.8, 4) is 0 Å². The van der Waals surface area contributed by atoms with Crippen molar-refractivity contribution < 1.29 is 10.2 Å². The Morgan fingerprint density at radius 1 is 1.16 bits per heavy atom. The van der Waals surface area contributed by atoms with Gasteiger partial charge in [0, 0.05) is 12.1 Å². The van der Waals surface area contributed by atoms with E-state index in [0.717, 1.165) is 25.7 Å². The van der Waals surface area contributed by atoms with E-state index in [1.165, 1.54) is 5.56 Å². The van der Waals surface area contributed by atoms with Crippen molar-refractivity contribution >= 4 is 0 Å². The van der Waals surface area contributed by atoms with E-state index in [1.807, 2.05) is 18.2 Å². The molecule has 0 aromatic heterocycles. The molecule has 1 aliphatic heterocycles. The Balaban J connectivity index is 1.92. The minimum Gasteiger partial charge on any atom is -0.390 e. The highest BCUT2D eigenvalue weighted by Crippen LogP contribution is 2.47. The molecule has 0 spiro atoms. The van der Waals surface area contributed by atoms with Gasteiger partial charge in [-0.15, -0.1) is 0 Å². The molecule has 0 unspecified atom stereocenters. The third kappa shape index (κ3) is 2.10. The molecule has 4 atom stereocenters. The molecule has 0 bridgehead atoms. The Kier molecular flexibility index (Phi) is 3.37. The number of aliphatic hydroxyl groups excluding tert-OH is 1. The van der Waals surface area contributed by atoms with Gasteiger partial charge >= 0.3 is 0 Å². The zero-order valence-electron chi connectivity index (χ0n) is 11.5. The van der Waals surface area contributed by atoms with Gasteiger partial charge in [-0.25, -0.2) is 0 Å². The Bertz CT molecular complexity index is 436. The van der Waals surface area contributed by atoms with Gasteiger partial charge in [0.05, 0.1) is 6.10 Å². The normalized spacial score (nSPS) is 39.8. The Morgan fingerprint density at radius 2 is 1.84 bits per heavy atom. The summed E-state index contributed by atoms with van der Waals surface area (Å²) in [7, 11) is 2.08. The molecular weight excluding hydrogens is 238 g/mol. The van der Waals surface area contributed by atoms with E-state index >= 15 is 0 Å². The summed E-state index contributed by atoms with van der Waals surface area (Å²) in [5.41, 5.74) is 0.296. The van der Waals surface area contributed by atoms with Crippen molar-refractivity contribution in [1.82, 2.24) is 4.90 Å². The largest absolute Gasteiger partial charge is 0.390 e. The summed E-state index contributed by atoms with van der Waals surface area (Å²) >= 11 is 0. The molecule has 3 heteroatoms. The third-order valence-electron chi connectivity index (χ3n) is 5.05. The lowest BCUT2D eigenvalue weighted by molar-refractivity contribution is -0.0899. The molecule has 3 nitrogen and oxygen atoms in total. The van der Waals surface area contributed by atoms with Gasteiger partial charge < -0.3 is 10.2 Å². The van der Waals surface area contributed by atoms with E-state index in [4.69, 9.17) is 0 Å². The van der Waals surface area contributed by atoms with Gasteiger partial charge in [0.15, 0.2) is 0 Å². The molecule has 1 aliphatic carbocycles. The van der Waals surface area contributed by atoms with Crippen LogP contribution in [0.1, 0.15) is 43.7 Å². The van der Waals surface area contributed by atoms with E-state index in [9.17, 15) is 10.2 Å². The van der Waals surface area contributed by atoms with Crippen molar-refractivity contribution in [2.45, 2.75) is 55.9 Å². The molecule has 1 saturated carbocycles. The summed E-state index contributed by atoms with van der Waals surface area (Å²) in [6.45, 7) is 0. The van der Waals surface area contributed by atoms with Gasteiger partial charge in [-0.3, -0.25) is 4.90 Å². The minimum absolute atomic E-state index is 0.0789. The van der Waals surface area contributed by atoms with Crippen molar-refractivity contribution in [1.29, 1.82) is 0 Å². The first-order valence-electron chi connectivity index (χ1n) is 7.30. The first-order chi connectivity index (χ1) is 9.13. The summed E-state index contributed by atoms with van der Waals surface area (Å²) in [6, 6.07) is 10.6. The molecule has 1 saturated heterocycles. The van der Waals surface area contributed by atoms with Crippen molar-refractivity contribution in [2.24, 2.45) is 0 Å². The summed E-state index contributed by atoms with van der Waals surface area (Å²) in [4.78, 5) is 2.27. The van der Waals surface area contributed by atoms with Crippen LogP contribution in [-0.4, -0.2) is 39.9 Å².